The van der Waals surface area contributed by atoms with Gasteiger partial charge in [0.2, 0.25) is 0 Å². The number of carboxylic acid groups (broad SMARTS) is 1. The van der Waals surface area contributed by atoms with Crippen LogP contribution in [0.3, 0.4) is 0 Å². The summed E-state index contributed by atoms with van der Waals surface area (Å²) in [5.74, 6) is -0.949. The van der Waals surface area contributed by atoms with Gasteiger partial charge in [-0.25, -0.2) is 4.79 Å². The second-order valence-electron chi connectivity index (χ2n) is 7.72. The van der Waals surface area contributed by atoms with Gasteiger partial charge in [-0.3, -0.25) is 4.79 Å². The first-order valence-electron chi connectivity index (χ1n) is 9.73. The van der Waals surface area contributed by atoms with Crippen LogP contribution in [0.2, 0.25) is 0 Å². The highest BCUT2D eigenvalue weighted by atomic mass is 16.5. The molecule has 29 heavy (non-hydrogen) atoms. The fraction of sp³-hybridized carbons (Fsp3) is 0.333. The van der Waals surface area contributed by atoms with Gasteiger partial charge in [0.1, 0.15) is 17.1 Å². The molecule has 0 saturated heterocycles. The molecule has 152 valence electrons. The number of benzene rings is 2. The van der Waals surface area contributed by atoms with Crippen LogP contribution in [0, 0.1) is 0 Å². The molecule has 1 saturated carbocycles. The molecule has 0 atom stereocenters. The molecule has 2 aromatic rings. The van der Waals surface area contributed by atoms with E-state index in [-0.39, 0.29) is 17.8 Å². The van der Waals surface area contributed by atoms with E-state index in [1.54, 1.807) is 6.07 Å². The predicted molar refractivity (Wildman–Crippen MR) is 111 cm³/mol. The molecule has 0 bridgehead atoms. The number of rotatable bonds is 8. The van der Waals surface area contributed by atoms with E-state index in [0.717, 1.165) is 24.0 Å². The number of Topliss-reactive ketones (excluding diaryl/α,β-unsaturated/α-hetero) is 1. The van der Waals surface area contributed by atoms with Crippen molar-refractivity contribution in [1.82, 2.24) is 0 Å². The zero-order valence-corrected chi connectivity index (χ0v) is 17.0. The first-order chi connectivity index (χ1) is 13.8. The zero-order chi connectivity index (χ0) is 21.1. The van der Waals surface area contributed by atoms with Crippen LogP contribution in [0.5, 0.6) is 11.5 Å². The second-order valence-corrected chi connectivity index (χ2v) is 7.72. The molecule has 0 heterocycles. The topological polar surface area (TPSA) is 83.8 Å². The summed E-state index contributed by atoms with van der Waals surface area (Å²) in [6.07, 6.45) is 4.51. The number of aromatic carboxylic acids is 1. The van der Waals surface area contributed by atoms with Crippen molar-refractivity contribution >= 4 is 11.8 Å². The summed E-state index contributed by atoms with van der Waals surface area (Å²) in [6.45, 7) is 3.89. The maximum absolute atomic E-state index is 13.1. The quantitative estimate of drug-likeness (QED) is 0.491. The molecule has 5 heteroatoms. The van der Waals surface area contributed by atoms with E-state index in [2.05, 4.69) is 0 Å². The summed E-state index contributed by atoms with van der Waals surface area (Å²) in [5, 5.41) is 20.0. The zero-order valence-electron chi connectivity index (χ0n) is 17.0. The van der Waals surface area contributed by atoms with Crippen molar-refractivity contribution < 1.29 is 24.5 Å². The van der Waals surface area contributed by atoms with E-state index in [9.17, 15) is 19.8 Å². The van der Waals surface area contributed by atoms with Gasteiger partial charge in [-0.2, -0.15) is 0 Å². The minimum Gasteiger partial charge on any atom is -0.507 e. The highest BCUT2D eigenvalue weighted by Crippen LogP contribution is 2.40. The number of hydrogen-bond donors (Lipinski definition) is 2. The maximum atomic E-state index is 13.1. The van der Waals surface area contributed by atoms with Crippen molar-refractivity contribution in [1.29, 1.82) is 0 Å². The van der Waals surface area contributed by atoms with E-state index in [1.165, 1.54) is 13.2 Å². The number of phenols is 1. The van der Waals surface area contributed by atoms with E-state index in [1.807, 2.05) is 38.1 Å². The van der Waals surface area contributed by atoms with Crippen LogP contribution in [0.4, 0.5) is 0 Å². The van der Waals surface area contributed by atoms with Gasteiger partial charge in [-0.15, -0.1) is 0 Å². The Morgan fingerprint density at radius 2 is 1.90 bits per heavy atom. The Bertz CT molecular complexity index is 979. The van der Waals surface area contributed by atoms with Gasteiger partial charge in [-0.1, -0.05) is 29.8 Å². The Morgan fingerprint density at radius 3 is 2.48 bits per heavy atom. The van der Waals surface area contributed by atoms with Crippen molar-refractivity contribution in [3.8, 4) is 11.5 Å². The molecular formula is C24H26O5. The maximum Gasteiger partial charge on any atom is 0.339 e. The molecular weight excluding hydrogens is 368 g/mol. The Labute approximate surface area is 170 Å². The SMILES string of the molecule is COc1cc(O)c(C(=O)O)c(CC(=O)c2cccc(C3CC3)c2)c1CC=C(C)C. The van der Waals surface area contributed by atoms with Crippen molar-refractivity contribution in [2.45, 2.75) is 45.4 Å². The molecule has 0 aromatic heterocycles. The predicted octanol–water partition coefficient (Wildman–Crippen LogP) is 4.91. The van der Waals surface area contributed by atoms with Crippen LogP contribution in [-0.4, -0.2) is 29.1 Å². The van der Waals surface area contributed by atoms with Gasteiger partial charge in [0.15, 0.2) is 5.78 Å². The number of carboxylic acids is 1. The van der Waals surface area contributed by atoms with Crippen LogP contribution in [-0.2, 0) is 12.8 Å². The monoisotopic (exact) mass is 394 g/mol. The number of ether oxygens (including phenoxy) is 1. The Kier molecular flexibility index (Phi) is 6.06. The number of hydrogen-bond acceptors (Lipinski definition) is 4. The second kappa shape index (κ2) is 8.52. The summed E-state index contributed by atoms with van der Waals surface area (Å²) < 4.78 is 5.39. The summed E-state index contributed by atoms with van der Waals surface area (Å²) in [4.78, 5) is 24.9. The Balaban J connectivity index is 2.06. The van der Waals surface area contributed by atoms with Crippen LogP contribution < -0.4 is 4.74 Å². The number of carbonyl (C=O) groups excluding carboxylic acids is 1. The summed E-state index contributed by atoms with van der Waals surface area (Å²) in [6, 6.07) is 8.85. The van der Waals surface area contributed by atoms with Crippen LogP contribution >= 0.6 is 0 Å². The number of aromatic hydroxyl groups is 1. The number of carbonyl (C=O) groups is 2. The minimum absolute atomic E-state index is 0.119. The van der Waals surface area contributed by atoms with Gasteiger partial charge in [0.25, 0.3) is 0 Å². The minimum atomic E-state index is -1.27. The van der Waals surface area contributed by atoms with Crippen LogP contribution in [0.15, 0.2) is 42.0 Å². The summed E-state index contributed by atoms with van der Waals surface area (Å²) in [5.41, 5.74) is 3.43. The first kappa shape index (κ1) is 20.6. The normalized spacial score (nSPS) is 13.1. The van der Waals surface area contributed by atoms with Gasteiger partial charge in [-0.05, 0) is 56.2 Å². The highest BCUT2D eigenvalue weighted by Gasteiger charge is 2.26. The van der Waals surface area contributed by atoms with Gasteiger partial charge in [0.05, 0.1) is 7.11 Å². The molecule has 0 amide bonds. The van der Waals surface area contributed by atoms with E-state index >= 15 is 0 Å². The van der Waals surface area contributed by atoms with Crippen LogP contribution in [0.1, 0.15) is 70.0 Å². The smallest absolute Gasteiger partial charge is 0.339 e. The fourth-order valence-corrected chi connectivity index (χ4v) is 3.53. The Morgan fingerprint density at radius 1 is 1.17 bits per heavy atom. The number of allylic oxidation sites excluding steroid dienone is 2. The van der Waals surface area contributed by atoms with E-state index in [4.69, 9.17) is 4.74 Å². The van der Waals surface area contributed by atoms with Crippen molar-refractivity contribution in [2.75, 3.05) is 7.11 Å². The van der Waals surface area contributed by atoms with Gasteiger partial charge >= 0.3 is 5.97 Å². The third kappa shape index (κ3) is 4.67. The average Bonchev–Trinajstić information content (AvgIpc) is 3.51. The molecule has 0 unspecified atom stereocenters. The lowest BCUT2D eigenvalue weighted by molar-refractivity contribution is 0.0692. The molecule has 2 aromatic carbocycles. The molecule has 1 fully saturated rings. The van der Waals surface area contributed by atoms with Gasteiger partial charge in [0, 0.05) is 23.6 Å². The van der Waals surface area contributed by atoms with E-state index in [0.29, 0.717) is 34.8 Å². The molecule has 3 rings (SSSR count). The largest absolute Gasteiger partial charge is 0.507 e. The third-order valence-electron chi connectivity index (χ3n) is 5.23. The molecule has 0 radical (unpaired) electrons. The van der Waals surface area contributed by atoms with Gasteiger partial charge < -0.3 is 14.9 Å². The number of ketones is 1. The standard InChI is InChI=1S/C24H26O5/c1-14(2)7-10-18-19(23(24(27)28)21(26)13-22(18)29-3)12-20(25)17-6-4-5-16(11-17)15-8-9-15/h4-7,11,13,15,26H,8-10,12H2,1-3H3,(H,27,28). The first-order valence-corrected chi connectivity index (χ1v) is 9.73. The average molecular weight is 394 g/mol. The van der Waals surface area contributed by atoms with Crippen molar-refractivity contribution in [3.05, 3.63) is 69.8 Å². The summed E-state index contributed by atoms with van der Waals surface area (Å²) in [7, 11) is 1.46. The molecule has 0 aliphatic heterocycles. The summed E-state index contributed by atoms with van der Waals surface area (Å²) >= 11 is 0. The lowest BCUT2D eigenvalue weighted by atomic mass is 9.90. The molecule has 5 nitrogen and oxygen atoms in total. The van der Waals surface area contributed by atoms with E-state index < -0.39 is 11.7 Å². The van der Waals surface area contributed by atoms with Crippen LogP contribution in [0.25, 0.3) is 0 Å². The lowest BCUT2D eigenvalue weighted by Crippen LogP contribution is -2.13. The molecule has 0 spiro atoms. The number of methoxy groups -OCH3 is 1. The van der Waals surface area contributed by atoms with Crippen molar-refractivity contribution in [2.24, 2.45) is 0 Å². The van der Waals surface area contributed by atoms with Crippen molar-refractivity contribution in [3.63, 3.8) is 0 Å². The molecule has 2 N–H and O–H groups in total. The Hall–Kier alpha value is -3.08. The highest BCUT2D eigenvalue weighted by molar-refractivity contribution is 6.01. The molecule has 1 aliphatic rings. The molecule has 1 aliphatic carbocycles. The third-order valence-corrected chi connectivity index (χ3v) is 5.23. The lowest BCUT2D eigenvalue weighted by Gasteiger charge is -2.17. The fourth-order valence-electron chi connectivity index (χ4n) is 3.53.